The molecule has 0 saturated carbocycles. The highest BCUT2D eigenvalue weighted by atomic mass is 16.7. The maximum Gasteiger partial charge on any atom is 0.231 e. The van der Waals surface area contributed by atoms with Gasteiger partial charge in [0.15, 0.2) is 11.5 Å². The first kappa shape index (κ1) is 20.4. The molecule has 3 aromatic rings. The zero-order chi connectivity index (χ0) is 21.9. The second-order valence-electron chi connectivity index (χ2n) is 8.00. The maximum absolute atomic E-state index is 5.50. The highest BCUT2D eigenvalue weighted by molar-refractivity contribution is 5.58. The van der Waals surface area contributed by atoms with Crippen molar-refractivity contribution in [2.45, 2.75) is 13.5 Å². The highest BCUT2D eigenvalue weighted by Gasteiger charge is 2.21. The van der Waals surface area contributed by atoms with Gasteiger partial charge in [0, 0.05) is 50.2 Å². The maximum atomic E-state index is 5.50. The molecule has 1 fully saturated rings. The fourth-order valence-electron chi connectivity index (χ4n) is 3.98. The van der Waals surface area contributed by atoms with Crippen molar-refractivity contribution >= 4 is 17.5 Å². The van der Waals surface area contributed by atoms with Crippen molar-refractivity contribution in [3.63, 3.8) is 0 Å². The minimum Gasteiger partial charge on any atom is -0.497 e. The molecule has 2 aliphatic rings. The molecular formula is C24H27N5O3. The first-order chi connectivity index (χ1) is 15.7. The van der Waals surface area contributed by atoms with Crippen LogP contribution in [0.2, 0.25) is 0 Å². The summed E-state index contributed by atoms with van der Waals surface area (Å²) in [6, 6.07) is 16.0. The summed E-state index contributed by atoms with van der Waals surface area (Å²) in [5.74, 6) is 4.05. The van der Waals surface area contributed by atoms with Crippen LogP contribution < -0.4 is 24.4 Å². The second kappa shape index (κ2) is 8.92. The lowest BCUT2D eigenvalue weighted by Crippen LogP contribution is -2.46. The summed E-state index contributed by atoms with van der Waals surface area (Å²) >= 11 is 0. The van der Waals surface area contributed by atoms with Gasteiger partial charge in [-0.3, -0.25) is 4.90 Å². The van der Waals surface area contributed by atoms with Crippen LogP contribution in [0.15, 0.2) is 48.5 Å². The SMILES string of the molecule is COc1ccc(Nc2cc(C)nc(N3CCN(Cc4ccc5c(c4)OCO5)CC3)n2)cc1. The van der Waals surface area contributed by atoms with E-state index in [0.29, 0.717) is 6.79 Å². The van der Waals surface area contributed by atoms with Gasteiger partial charge in [0.1, 0.15) is 11.6 Å². The van der Waals surface area contributed by atoms with Gasteiger partial charge < -0.3 is 24.4 Å². The minimum atomic E-state index is 0.309. The van der Waals surface area contributed by atoms with Crippen LogP contribution in [0.1, 0.15) is 11.3 Å². The van der Waals surface area contributed by atoms with Gasteiger partial charge in [-0.15, -0.1) is 0 Å². The molecule has 2 aromatic carbocycles. The molecule has 8 heteroatoms. The fraction of sp³-hybridized carbons (Fsp3) is 0.333. The second-order valence-corrected chi connectivity index (χ2v) is 8.00. The van der Waals surface area contributed by atoms with Crippen molar-refractivity contribution in [2.24, 2.45) is 0 Å². The summed E-state index contributed by atoms with van der Waals surface area (Å²) in [4.78, 5) is 14.1. The van der Waals surface area contributed by atoms with Gasteiger partial charge >= 0.3 is 0 Å². The van der Waals surface area contributed by atoms with Gasteiger partial charge in [0.2, 0.25) is 12.7 Å². The number of aryl methyl sites for hydroxylation is 1. The van der Waals surface area contributed by atoms with Gasteiger partial charge in [0.25, 0.3) is 0 Å². The number of methoxy groups -OCH3 is 1. The number of hydrogen-bond donors (Lipinski definition) is 1. The number of nitrogens with one attached hydrogen (secondary N) is 1. The Bertz CT molecular complexity index is 1080. The summed E-state index contributed by atoms with van der Waals surface area (Å²) in [7, 11) is 1.66. The number of benzene rings is 2. The number of anilines is 3. The Morgan fingerprint density at radius 1 is 0.938 bits per heavy atom. The summed E-state index contributed by atoms with van der Waals surface area (Å²) in [5, 5.41) is 3.37. The van der Waals surface area contributed by atoms with Gasteiger partial charge in [-0.2, -0.15) is 4.98 Å². The largest absolute Gasteiger partial charge is 0.497 e. The number of hydrogen-bond acceptors (Lipinski definition) is 8. The molecule has 1 N–H and O–H groups in total. The van der Waals surface area contributed by atoms with E-state index >= 15 is 0 Å². The number of ether oxygens (including phenoxy) is 3. The van der Waals surface area contributed by atoms with Gasteiger partial charge in [-0.1, -0.05) is 6.07 Å². The van der Waals surface area contributed by atoms with E-state index in [1.807, 2.05) is 43.3 Å². The average molecular weight is 434 g/mol. The normalized spacial score (nSPS) is 15.6. The molecule has 3 heterocycles. The van der Waals surface area contributed by atoms with Crippen LogP contribution in [0, 0.1) is 6.92 Å². The molecule has 5 rings (SSSR count). The van der Waals surface area contributed by atoms with Crippen molar-refractivity contribution < 1.29 is 14.2 Å². The number of piperazine rings is 1. The highest BCUT2D eigenvalue weighted by Crippen LogP contribution is 2.33. The third-order valence-electron chi connectivity index (χ3n) is 5.70. The van der Waals surface area contributed by atoms with E-state index in [9.17, 15) is 0 Å². The first-order valence-electron chi connectivity index (χ1n) is 10.8. The predicted molar refractivity (Wildman–Crippen MR) is 123 cm³/mol. The van der Waals surface area contributed by atoms with Crippen molar-refractivity contribution in [1.82, 2.24) is 14.9 Å². The van der Waals surface area contributed by atoms with Crippen LogP contribution in [-0.2, 0) is 6.54 Å². The molecule has 166 valence electrons. The monoisotopic (exact) mass is 433 g/mol. The van der Waals surface area contributed by atoms with Crippen LogP contribution in [-0.4, -0.2) is 54.9 Å². The van der Waals surface area contributed by atoms with E-state index in [4.69, 9.17) is 19.2 Å². The molecule has 0 radical (unpaired) electrons. The molecule has 0 unspecified atom stereocenters. The summed E-state index contributed by atoms with van der Waals surface area (Å²) in [6.45, 7) is 6.87. The molecule has 8 nitrogen and oxygen atoms in total. The van der Waals surface area contributed by atoms with E-state index in [0.717, 1.165) is 73.1 Å². The Labute approximate surface area is 187 Å². The summed E-state index contributed by atoms with van der Waals surface area (Å²) in [5.41, 5.74) is 3.14. The van der Waals surface area contributed by atoms with Crippen molar-refractivity contribution in [3.05, 3.63) is 59.8 Å². The molecule has 0 spiro atoms. The minimum absolute atomic E-state index is 0.309. The molecule has 0 atom stereocenters. The molecule has 1 aromatic heterocycles. The molecule has 32 heavy (non-hydrogen) atoms. The van der Waals surface area contributed by atoms with Crippen LogP contribution in [0.25, 0.3) is 0 Å². The smallest absolute Gasteiger partial charge is 0.231 e. The Hall–Kier alpha value is -3.52. The van der Waals surface area contributed by atoms with E-state index in [1.165, 1.54) is 5.56 Å². The van der Waals surface area contributed by atoms with Crippen molar-refractivity contribution in [2.75, 3.05) is 50.3 Å². The molecule has 0 bridgehead atoms. The standard InChI is InChI=1S/C24H27N5O3/c1-17-13-23(26-19-4-6-20(30-2)7-5-19)27-24(25-17)29-11-9-28(10-12-29)15-18-3-8-21-22(14-18)32-16-31-21/h3-8,13-14H,9-12,15-16H2,1-2H3,(H,25,26,27). The molecule has 2 aliphatic heterocycles. The molecular weight excluding hydrogens is 406 g/mol. The van der Waals surface area contributed by atoms with Crippen LogP contribution in [0.5, 0.6) is 17.2 Å². The Balaban J connectivity index is 1.21. The first-order valence-corrected chi connectivity index (χ1v) is 10.8. The third kappa shape index (κ3) is 4.55. The van der Waals surface area contributed by atoms with E-state index in [2.05, 4.69) is 32.2 Å². The van der Waals surface area contributed by atoms with Crippen molar-refractivity contribution in [3.8, 4) is 17.2 Å². The topological polar surface area (TPSA) is 72.0 Å². The Morgan fingerprint density at radius 2 is 1.72 bits per heavy atom. The Kier molecular flexibility index (Phi) is 5.68. The average Bonchev–Trinajstić information content (AvgIpc) is 3.28. The molecule has 1 saturated heterocycles. The number of fused-ring (bicyclic) bond motifs is 1. The lowest BCUT2D eigenvalue weighted by atomic mass is 10.1. The van der Waals surface area contributed by atoms with Crippen LogP contribution in [0.4, 0.5) is 17.5 Å². The van der Waals surface area contributed by atoms with Crippen molar-refractivity contribution in [1.29, 1.82) is 0 Å². The van der Waals surface area contributed by atoms with Gasteiger partial charge in [-0.25, -0.2) is 4.98 Å². The van der Waals surface area contributed by atoms with E-state index in [-0.39, 0.29) is 0 Å². The number of rotatable bonds is 6. The lowest BCUT2D eigenvalue weighted by Gasteiger charge is -2.35. The number of aromatic nitrogens is 2. The number of nitrogens with zero attached hydrogens (tertiary/aromatic N) is 4. The zero-order valence-corrected chi connectivity index (χ0v) is 18.4. The fourth-order valence-corrected chi connectivity index (χ4v) is 3.98. The Morgan fingerprint density at radius 3 is 2.50 bits per heavy atom. The van der Waals surface area contributed by atoms with Crippen LogP contribution >= 0.6 is 0 Å². The van der Waals surface area contributed by atoms with Gasteiger partial charge in [0.05, 0.1) is 7.11 Å². The summed E-state index contributed by atoms with van der Waals surface area (Å²) in [6.07, 6.45) is 0. The summed E-state index contributed by atoms with van der Waals surface area (Å²) < 4.78 is 16.1. The molecule has 0 aliphatic carbocycles. The van der Waals surface area contributed by atoms with Crippen LogP contribution in [0.3, 0.4) is 0 Å². The molecule has 0 amide bonds. The zero-order valence-electron chi connectivity index (χ0n) is 18.4. The quantitative estimate of drug-likeness (QED) is 0.632. The third-order valence-corrected chi connectivity index (χ3v) is 5.70. The predicted octanol–water partition coefficient (Wildman–Crippen LogP) is 3.59. The van der Waals surface area contributed by atoms with E-state index < -0.39 is 0 Å². The van der Waals surface area contributed by atoms with Gasteiger partial charge in [-0.05, 0) is 48.9 Å². The lowest BCUT2D eigenvalue weighted by molar-refractivity contribution is 0.174. The van der Waals surface area contributed by atoms with E-state index in [1.54, 1.807) is 7.11 Å².